The van der Waals surface area contributed by atoms with Crippen molar-refractivity contribution in [3.8, 4) is 0 Å². The topological polar surface area (TPSA) is 162 Å². The van der Waals surface area contributed by atoms with E-state index in [1.807, 2.05) is 46.8 Å². The summed E-state index contributed by atoms with van der Waals surface area (Å²) in [4.78, 5) is 39.7. The molecular weight excluding hydrogens is 641 g/mol. The van der Waals surface area contributed by atoms with Gasteiger partial charge in [-0.1, -0.05) is 96.4 Å². The average Bonchev–Trinajstić information content (AvgIpc) is 3.45. The van der Waals surface area contributed by atoms with E-state index in [1.54, 1.807) is 13.0 Å². The lowest BCUT2D eigenvalue weighted by Crippen LogP contribution is -2.61. The molecule has 0 aromatic heterocycles. The molecule has 4 aliphatic rings. The van der Waals surface area contributed by atoms with Gasteiger partial charge in [0.2, 0.25) is 0 Å². The van der Waals surface area contributed by atoms with Gasteiger partial charge in [-0.25, -0.2) is 0 Å². The average molecular weight is 699 g/mol. The zero-order valence-electron chi connectivity index (χ0n) is 30.0. The molecule has 2 saturated carbocycles. The van der Waals surface area contributed by atoms with Crippen molar-refractivity contribution in [1.82, 2.24) is 0 Å². The van der Waals surface area contributed by atoms with Crippen molar-refractivity contribution in [2.45, 2.75) is 122 Å². The molecule has 0 saturated heterocycles. The molecule has 10 heteroatoms. The highest BCUT2D eigenvalue weighted by Gasteiger charge is 2.83. The fraction of sp³-hybridized carbons (Fsp3) is 0.667. The SMILES string of the molecule is CC1=C[C@H]2[C@@]3(O)[C@H](C)C[C@]4(OC(=O)[C@H](N)CCCCCCc5ccccc5)[C@H]([C@@H]3C=C(COC(=O)[C@@H](N)C(C)C)C[C@]2(O)C1=O)C4(C)C.S. The molecule has 4 aliphatic carbocycles. The second-order valence-electron chi connectivity index (χ2n) is 16.0. The van der Waals surface area contributed by atoms with E-state index in [0.717, 1.165) is 32.1 Å². The Kier molecular flexibility index (Phi) is 11.7. The van der Waals surface area contributed by atoms with Gasteiger partial charge in [0, 0.05) is 29.6 Å². The Morgan fingerprint density at radius 1 is 1.00 bits per heavy atom. The summed E-state index contributed by atoms with van der Waals surface area (Å²) in [5.41, 5.74) is 9.88. The number of carbonyl (C=O) groups excluding carboxylic acids is 3. The van der Waals surface area contributed by atoms with E-state index in [1.165, 1.54) is 5.56 Å². The summed E-state index contributed by atoms with van der Waals surface area (Å²) in [5, 5.41) is 24.7. The summed E-state index contributed by atoms with van der Waals surface area (Å²) >= 11 is 0. The first-order chi connectivity index (χ1) is 22.5. The molecule has 9 atom stereocenters. The van der Waals surface area contributed by atoms with Crippen LogP contribution in [0.3, 0.4) is 0 Å². The van der Waals surface area contributed by atoms with Gasteiger partial charge in [0.1, 0.15) is 29.9 Å². The smallest absolute Gasteiger partial charge is 0.323 e. The van der Waals surface area contributed by atoms with Crippen LogP contribution >= 0.6 is 13.5 Å². The molecule has 0 aliphatic heterocycles. The summed E-state index contributed by atoms with van der Waals surface area (Å²) in [6.45, 7) is 11.1. The number of hydrogen-bond acceptors (Lipinski definition) is 9. The van der Waals surface area contributed by atoms with Crippen LogP contribution in [-0.2, 0) is 30.3 Å². The first kappa shape index (κ1) is 39.3. The van der Waals surface area contributed by atoms with Crippen molar-refractivity contribution in [2.75, 3.05) is 6.61 Å². The van der Waals surface area contributed by atoms with Crippen LogP contribution in [0.2, 0.25) is 0 Å². The van der Waals surface area contributed by atoms with Crippen LogP contribution in [0.5, 0.6) is 0 Å². The highest BCUT2D eigenvalue weighted by molar-refractivity contribution is 7.59. The van der Waals surface area contributed by atoms with Crippen LogP contribution in [0.1, 0.15) is 92.1 Å². The van der Waals surface area contributed by atoms with Crippen LogP contribution < -0.4 is 11.5 Å². The van der Waals surface area contributed by atoms with E-state index in [4.69, 9.17) is 20.9 Å². The fourth-order valence-corrected chi connectivity index (χ4v) is 9.19. The molecule has 0 bridgehead atoms. The van der Waals surface area contributed by atoms with Gasteiger partial charge in [0.15, 0.2) is 5.78 Å². The fourth-order valence-electron chi connectivity index (χ4n) is 9.19. The molecule has 0 heterocycles. The van der Waals surface area contributed by atoms with Gasteiger partial charge in [-0.15, -0.1) is 0 Å². The largest absolute Gasteiger partial charge is 0.460 e. The predicted octanol–water partition coefficient (Wildman–Crippen LogP) is 4.68. The molecule has 0 amide bonds. The summed E-state index contributed by atoms with van der Waals surface area (Å²) in [7, 11) is 0. The van der Waals surface area contributed by atoms with Gasteiger partial charge in [-0.2, -0.15) is 13.5 Å². The third kappa shape index (κ3) is 6.93. The van der Waals surface area contributed by atoms with Gasteiger partial charge >= 0.3 is 11.9 Å². The lowest BCUT2D eigenvalue weighted by Gasteiger charge is -2.50. The number of esters is 2. The molecule has 2 fully saturated rings. The van der Waals surface area contributed by atoms with E-state index in [2.05, 4.69) is 24.3 Å². The second kappa shape index (κ2) is 14.6. The molecule has 1 aromatic carbocycles. The van der Waals surface area contributed by atoms with Gasteiger partial charge in [-0.05, 0) is 61.2 Å². The van der Waals surface area contributed by atoms with Crippen molar-refractivity contribution in [1.29, 1.82) is 0 Å². The van der Waals surface area contributed by atoms with Gasteiger partial charge in [0.05, 0.1) is 5.60 Å². The zero-order valence-corrected chi connectivity index (χ0v) is 31.0. The third-order valence-electron chi connectivity index (χ3n) is 12.2. The maximum absolute atomic E-state index is 13.5. The van der Waals surface area contributed by atoms with E-state index in [9.17, 15) is 24.6 Å². The number of benzene rings is 1. The normalized spacial score (nSPS) is 33.8. The van der Waals surface area contributed by atoms with Crippen LogP contribution in [0.15, 0.2) is 53.6 Å². The number of nitrogens with two attached hydrogens (primary N) is 2. The maximum atomic E-state index is 13.5. The van der Waals surface area contributed by atoms with E-state index in [0.29, 0.717) is 24.0 Å². The number of ether oxygens (including phenoxy) is 2. The second-order valence-corrected chi connectivity index (χ2v) is 16.0. The Balaban J connectivity index is 0.00000541. The number of ketones is 1. The van der Waals surface area contributed by atoms with Crippen molar-refractivity contribution in [2.24, 2.45) is 46.5 Å². The number of unbranched alkanes of at least 4 members (excludes halogenated alkanes) is 3. The summed E-state index contributed by atoms with van der Waals surface area (Å²) in [5.74, 6) is -3.81. The van der Waals surface area contributed by atoms with Crippen LogP contribution in [0, 0.1) is 35.0 Å². The minimum absolute atomic E-state index is 0. The summed E-state index contributed by atoms with van der Waals surface area (Å²) < 4.78 is 12.0. The molecule has 49 heavy (non-hydrogen) atoms. The van der Waals surface area contributed by atoms with Crippen molar-refractivity contribution >= 4 is 31.2 Å². The van der Waals surface area contributed by atoms with E-state index < -0.39 is 69.8 Å². The molecule has 5 rings (SSSR count). The number of Topliss-reactive ketones (excluding diaryl/α,β-unsaturated/α-hetero) is 1. The third-order valence-corrected chi connectivity index (χ3v) is 12.2. The summed E-state index contributed by atoms with van der Waals surface area (Å²) in [6.07, 6.45) is 9.37. The molecule has 272 valence electrons. The quantitative estimate of drug-likeness (QED) is 0.130. The van der Waals surface area contributed by atoms with Crippen molar-refractivity contribution in [3.05, 3.63) is 59.2 Å². The molecule has 1 aromatic rings. The first-order valence-electron chi connectivity index (χ1n) is 17.8. The highest BCUT2D eigenvalue weighted by atomic mass is 32.1. The van der Waals surface area contributed by atoms with Gasteiger partial charge in [0.25, 0.3) is 0 Å². The molecule has 0 unspecified atom stereocenters. The molecule has 9 nitrogen and oxygen atoms in total. The standard InChI is InChI=1S/C39H56N2O7.H2S/c1-23(2)31(41)35(44)47-22-27-19-28-32-36(5,6)38(32,20-25(4)39(28,46)30-18-24(3)33(42)37(30,45)21-27)48-34(43)29(40)17-13-8-7-10-14-26-15-11-9-12-16-26;/h9,11-12,15-16,18-19,23,25,28-32,45-46H,7-8,10,13-14,17,20-22,40-41H2,1-6H3;1H2/t25-,28+,29-,30-,31+,32-,37-,38+,39-;/m1./s1. The zero-order chi connectivity index (χ0) is 35.2. The summed E-state index contributed by atoms with van der Waals surface area (Å²) in [6, 6.07) is 8.84. The predicted molar refractivity (Wildman–Crippen MR) is 194 cm³/mol. The molecule has 0 spiro atoms. The van der Waals surface area contributed by atoms with Gasteiger partial charge in [-0.3, -0.25) is 14.4 Å². The van der Waals surface area contributed by atoms with Crippen molar-refractivity contribution < 1.29 is 34.1 Å². The highest BCUT2D eigenvalue weighted by Crippen LogP contribution is 2.76. The van der Waals surface area contributed by atoms with Crippen LogP contribution in [0.25, 0.3) is 0 Å². The van der Waals surface area contributed by atoms with Crippen LogP contribution in [0.4, 0.5) is 0 Å². The number of hydrogen-bond donors (Lipinski definition) is 4. The van der Waals surface area contributed by atoms with Gasteiger partial charge < -0.3 is 31.2 Å². The van der Waals surface area contributed by atoms with E-state index >= 15 is 0 Å². The number of fused-ring (bicyclic) bond motifs is 5. The Morgan fingerprint density at radius 3 is 2.31 bits per heavy atom. The molecule has 0 radical (unpaired) electrons. The Morgan fingerprint density at radius 2 is 1.65 bits per heavy atom. The number of aryl methyl sites for hydroxylation is 1. The van der Waals surface area contributed by atoms with Crippen molar-refractivity contribution in [3.63, 3.8) is 0 Å². The Labute approximate surface area is 298 Å². The minimum Gasteiger partial charge on any atom is -0.460 e. The first-order valence-corrected chi connectivity index (χ1v) is 17.8. The number of rotatable bonds is 13. The minimum atomic E-state index is -1.89. The molecule has 6 N–H and O–H groups in total. The van der Waals surface area contributed by atoms with Crippen LogP contribution in [-0.4, -0.2) is 63.4 Å². The Bertz CT molecular complexity index is 1460. The maximum Gasteiger partial charge on any atom is 0.323 e. The number of carbonyl (C=O) groups is 3. The number of aliphatic hydroxyl groups is 2. The van der Waals surface area contributed by atoms with E-state index in [-0.39, 0.29) is 38.4 Å². The monoisotopic (exact) mass is 698 g/mol. The Hall–Kier alpha value is -2.50. The lowest BCUT2D eigenvalue weighted by molar-refractivity contribution is -0.187. The molecular formula is C39H58N2O7S. The lowest BCUT2D eigenvalue weighted by atomic mass is 9.60.